The largest absolute Gasteiger partial charge is 0.481 e. The summed E-state index contributed by atoms with van der Waals surface area (Å²) < 4.78 is 10.9. The fourth-order valence-corrected chi connectivity index (χ4v) is 2.32. The Morgan fingerprint density at radius 2 is 1.96 bits per heavy atom. The molecule has 2 aromatic carbocycles. The molecule has 0 unspecified atom stereocenters. The SMILES string of the molecule is COCc1cccc(NC(=O)[C@@H](C)Oc2ccc(C)cc2C)c1. The second kappa shape index (κ2) is 7.79. The number of nitrogens with one attached hydrogen (secondary N) is 1. The summed E-state index contributed by atoms with van der Waals surface area (Å²) in [6.07, 6.45) is -0.581. The van der Waals surface area contributed by atoms with Crippen LogP contribution >= 0.6 is 0 Å². The molecule has 0 saturated carbocycles. The lowest BCUT2D eigenvalue weighted by Crippen LogP contribution is -2.30. The van der Waals surface area contributed by atoms with E-state index in [1.54, 1.807) is 14.0 Å². The second-order valence-corrected chi connectivity index (χ2v) is 5.65. The highest BCUT2D eigenvalue weighted by Crippen LogP contribution is 2.20. The fourth-order valence-electron chi connectivity index (χ4n) is 2.32. The molecule has 0 radical (unpaired) electrons. The molecule has 2 rings (SSSR count). The molecule has 2 aromatic rings. The van der Waals surface area contributed by atoms with E-state index in [-0.39, 0.29) is 5.91 Å². The summed E-state index contributed by atoms with van der Waals surface area (Å²) in [5.41, 5.74) is 3.93. The summed E-state index contributed by atoms with van der Waals surface area (Å²) >= 11 is 0. The first kappa shape index (κ1) is 17.0. The quantitative estimate of drug-likeness (QED) is 0.881. The Morgan fingerprint density at radius 1 is 1.17 bits per heavy atom. The van der Waals surface area contributed by atoms with Gasteiger partial charge in [0.15, 0.2) is 6.10 Å². The van der Waals surface area contributed by atoms with Gasteiger partial charge >= 0.3 is 0 Å². The van der Waals surface area contributed by atoms with Crippen LogP contribution in [0.15, 0.2) is 42.5 Å². The van der Waals surface area contributed by atoms with Crippen LogP contribution in [0.4, 0.5) is 5.69 Å². The molecule has 0 heterocycles. The molecule has 0 bridgehead atoms. The Labute approximate surface area is 137 Å². The molecule has 4 heteroatoms. The van der Waals surface area contributed by atoms with E-state index < -0.39 is 6.10 Å². The highest BCUT2D eigenvalue weighted by Gasteiger charge is 2.16. The van der Waals surface area contributed by atoms with Gasteiger partial charge in [0.2, 0.25) is 0 Å². The van der Waals surface area contributed by atoms with Crippen molar-refractivity contribution in [2.24, 2.45) is 0 Å². The third-order valence-corrected chi connectivity index (χ3v) is 3.51. The Kier molecular flexibility index (Phi) is 5.77. The van der Waals surface area contributed by atoms with Crippen molar-refractivity contribution in [1.82, 2.24) is 0 Å². The van der Waals surface area contributed by atoms with Gasteiger partial charge in [-0.05, 0) is 50.1 Å². The second-order valence-electron chi connectivity index (χ2n) is 5.65. The van der Waals surface area contributed by atoms with Crippen LogP contribution in [0.25, 0.3) is 0 Å². The number of anilines is 1. The van der Waals surface area contributed by atoms with Gasteiger partial charge in [0.05, 0.1) is 6.61 Å². The minimum Gasteiger partial charge on any atom is -0.481 e. The van der Waals surface area contributed by atoms with Gasteiger partial charge in [0, 0.05) is 12.8 Å². The van der Waals surface area contributed by atoms with Crippen molar-refractivity contribution in [3.8, 4) is 5.75 Å². The van der Waals surface area contributed by atoms with E-state index in [2.05, 4.69) is 5.32 Å². The topological polar surface area (TPSA) is 47.6 Å². The zero-order valence-electron chi connectivity index (χ0n) is 14.1. The van der Waals surface area contributed by atoms with Crippen molar-refractivity contribution < 1.29 is 14.3 Å². The maximum Gasteiger partial charge on any atom is 0.265 e. The molecular weight excluding hydrogens is 290 g/mol. The first-order chi connectivity index (χ1) is 11.0. The van der Waals surface area contributed by atoms with Gasteiger partial charge in [0.25, 0.3) is 5.91 Å². The van der Waals surface area contributed by atoms with Gasteiger partial charge in [0.1, 0.15) is 5.75 Å². The first-order valence-electron chi connectivity index (χ1n) is 7.62. The highest BCUT2D eigenvalue weighted by atomic mass is 16.5. The lowest BCUT2D eigenvalue weighted by molar-refractivity contribution is -0.122. The molecule has 4 nitrogen and oxygen atoms in total. The molecular formula is C19H23NO3. The van der Waals surface area contributed by atoms with Crippen molar-refractivity contribution >= 4 is 11.6 Å². The predicted octanol–water partition coefficient (Wildman–Crippen LogP) is 3.86. The van der Waals surface area contributed by atoms with Gasteiger partial charge < -0.3 is 14.8 Å². The Hall–Kier alpha value is -2.33. The highest BCUT2D eigenvalue weighted by molar-refractivity contribution is 5.94. The number of amides is 1. The monoisotopic (exact) mass is 313 g/mol. The standard InChI is InChI=1S/C19H23NO3/c1-13-8-9-18(14(2)10-13)23-15(3)19(21)20-17-7-5-6-16(11-17)12-22-4/h5-11,15H,12H2,1-4H3,(H,20,21)/t15-/m1/s1. The van der Waals surface area contributed by atoms with Gasteiger partial charge in [-0.1, -0.05) is 29.8 Å². The minimum atomic E-state index is -0.581. The van der Waals surface area contributed by atoms with Crippen LogP contribution in [0.1, 0.15) is 23.6 Å². The summed E-state index contributed by atoms with van der Waals surface area (Å²) in [6, 6.07) is 13.5. The van der Waals surface area contributed by atoms with Crippen molar-refractivity contribution in [3.63, 3.8) is 0 Å². The molecule has 0 aliphatic heterocycles. The van der Waals surface area contributed by atoms with Crippen LogP contribution in [-0.4, -0.2) is 19.1 Å². The lowest BCUT2D eigenvalue weighted by atomic mass is 10.1. The van der Waals surface area contributed by atoms with E-state index in [0.29, 0.717) is 6.61 Å². The van der Waals surface area contributed by atoms with Gasteiger partial charge in [-0.2, -0.15) is 0 Å². The zero-order valence-corrected chi connectivity index (χ0v) is 14.1. The Balaban J connectivity index is 2.01. The van der Waals surface area contributed by atoms with Gasteiger partial charge in [-0.3, -0.25) is 4.79 Å². The van der Waals surface area contributed by atoms with E-state index in [4.69, 9.17) is 9.47 Å². The molecule has 0 aliphatic rings. The van der Waals surface area contributed by atoms with Crippen LogP contribution < -0.4 is 10.1 Å². The Morgan fingerprint density at radius 3 is 2.65 bits per heavy atom. The number of benzene rings is 2. The normalized spacial score (nSPS) is 11.8. The van der Waals surface area contributed by atoms with Gasteiger partial charge in [-0.25, -0.2) is 0 Å². The summed E-state index contributed by atoms with van der Waals surface area (Å²) in [5.74, 6) is 0.547. The number of hydrogen-bond acceptors (Lipinski definition) is 3. The van der Waals surface area contributed by atoms with Crippen LogP contribution in [0.3, 0.4) is 0 Å². The van der Waals surface area contributed by atoms with Crippen LogP contribution in [0.2, 0.25) is 0 Å². The molecule has 0 aliphatic carbocycles. The number of carbonyl (C=O) groups is 1. The molecule has 1 atom stereocenters. The number of methoxy groups -OCH3 is 1. The zero-order chi connectivity index (χ0) is 16.8. The molecule has 1 N–H and O–H groups in total. The van der Waals surface area contributed by atoms with E-state index in [1.165, 1.54) is 5.56 Å². The molecule has 0 saturated heterocycles. The molecule has 0 fully saturated rings. The molecule has 1 amide bonds. The minimum absolute atomic E-state index is 0.181. The fraction of sp³-hybridized carbons (Fsp3) is 0.316. The lowest BCUT2D eigenvalue weighted by Gasteiger charge is -2.17. The molecule has 0 spiro atoms. The third kappa shape index (κ3) is 4.83. The molecule has 23 heavy (non-hydrogen) atoms. The smallest absolute Gasteiger partial charge is 0.265 e. The average molecular weight is 313 g/mol. The van der Waals surface area contributed by atoms with Crippen LogP contribution in [-0.2, 0) is 16.1 Å². The number of hydrogen-bond donors (Lipinski definition) is 1. The summed E-state index contributed by atoms with van der Waals surface area (Å²) in [5, 5.41) is 2.87. The number of rotatable bonds is 6. The third-order valence-electron chi connectivity index (χ3n) is 3.51. The van der Waals surface area contributed by atoms with E-state index in [9.17, 15) is 4.79 Å². The maximum absolute atomic E-state index is 12.3. The van der Waals surface area contributed by atoms with E-state index >= 15 is 0 Å². The van der Waals surface area contributed by atoms with E-state index in [1.807, 2.05) is 56.3 Å². The van der Waals surface area contributed by atoms with Crippen molar-refractivity contribution in [2.45, 2.75) is 33.5 Å². The van der Waals surface area contributed by atoms with E-state index in [0.717, 1.165) is 22.6 Å². The summed E-state index contributed by atoms with van der Waals surface area (Å²) in [7, 11) is 1.64. The first-order valence-corrected chi connectivity index (χ1v) is 7.62. The van der Waals surface area contributed by atoms with Gasteiger partial charge in [-0.15, -0.1) is 0 Å². The number of carbonyl (C=O) groups excluding carboxylic acids is 1. The van der Waals surface area contributed by atoms with Crippen molar-refractivity contribution in [1.29, 1.82) is 0 Å². The summed E-state index contributed by atoms with van der Waals surface area (Å²) in [6.45, 7) is 6.26. The number of aryl methyl sites for hydroxylation is 2. The van der Waals surface area contributed by atoms with Crippen molar-refractivity contribution in [3.05, 3.63) is 59.2 Å². The molecule has 0 aromatic heterocycles. The average Bonchev–Trinajstić information content (AvgIpc) is 2.50. The van der Waals surface area contributed by atoms with Crippen LogP contribution in [0, 0.1) is 13.8 Å². The predicted molar refractivity (Wildman–Crippen MR) is 91.8 cm³/mol. The number of ether oxygens (including phenoxy) is 2. The maximum atomic E-state index is 12.3. The van der Waals surface area contributed by atoms with Crippen molar-refractivity contribution in [2.75, 3.05) is 12.4 Å². The Bertz CT molecular complexity index is 682. The molecule has 122 valence electrons. The van der Waals surface area contributed by atoms with Crippen LogP contribution in [0.5, 0.6) is 5.75 Å². The summed E-state index contributed by atoms with van der Waals surface area (Å²) in [4.78, 5) is 12.3.